The van der Waals surface area contributed by atoms with Gasteiger partial charge >= 0.3 is 0 Å². The second kappa shape index (κ2) is 12.6. The predicted octanol–water partition coefficient (Wildman–Crippen LogP) is -6.40. The summed E-state index contributed by atoms with van der Waals surface area (Å²) in [6.45, 7) is -0.889. The Bertz CT molecular complexity index is 715. The SMILES string of the molecule is CC(=O)N[C@H]1C[C@H](O)C(CO)O[C@H]1OC1C(O)[C@H](O[C@@H]2C(CO)O[C@@H](O)C(O)C2O)OC(CO)[C@@H]1O. The molecule has 0 aliphatic carbocycles. The molecule has 0 saturated carbocycles. The summed E-state index contributed by atoms with van der Waals surface area (Å²) in [5, 5.41) is 92.9. The van der Waals surface area contributed by atoms with Crippen molar-refractivity contribution in [1.29, 1.82) is 0 Å². The average Bonchev–Trinajstić information content (AvgIpc) is 2.84. The molecule has 210 valence electrons. The minimum Gasteiger partial charge on any atom is -0.394 e. The Kier molecular flexibility index (Phi) is 10.3. The molecule has 3 fully saturated rings. The van der Waals surface area contributed by atoms with Crippen molar-refractivity contribution in [1.82, 2.24) is 5.32 Å². The number of amides is 1. The number of carbonyl (C=O) groups is 1. The first-order chi connectivity index (χ1) is 17.0. The maximum atomic E-state index is 11.6. The van der Waals surface area contributed by atoms with E-state index in [0.29, 0.717) is 0 Å². The highest BCUT2D eigenvalue weighted by Crippen LogP contribution is 2.32. The van der Waals surface area contributed by atoms with E-state index in [2.05, 4.69) is 5.32 Å². The summed E-state index contributed by atoms with van der Waals surface area (Å²) in [7, 11) is 0. The Hall–Kier alpha value is -1.09. The molecule has 0 bridgehead atoms. The number of aliphatic hydroxyl groups excluding tert-OH is 9. The van der Waals surface area contributed by atoms with Gasteiger partial charge in [-0.3, -0.25) is 4.79 Å². The topological polar surface area (TPSA) is 257 Å². The summed E-state index contributed by atoms with van der Waals surface area (Å²) >= 11 is 0. The van der Waals surface area contributed by atoms with Crippen molar-refractivity contribution in [3.63, 3.8) is 0 Å². The molecular formula is C20H35NO15. The number of rotatable bonds is 8. The van der Waals surface area contributed by atoms with Crippen LogP contribution in [0.4, 0.5) is 0 Å². The molecule has 0 spiro atoms. The van der Waals surface area contributed by atoms with Crippen LogP contribution in [0, 0.1) is 0 Å². The molecule has 3 aliphatic rings. The maximum Gasteiger partial charge on any atom is 0.217 e. The lowest BCUT2D eigenvalue weighted by Crippen LogP contribution is -2.66. The molecule has 3 saturated heterocycles. The van der Waals surface area contributed by atoms with Crippen LogP contribution in [-0.4, -0.2) is 158 Å². The minimum atomic E-state index is -1.82. The van der Waals surface area contributed by atoms with Crippen LogP contribution in [0.2, 0.25) is 0 Å². The number of hydrogen-bond donors (Lipinski definition) is 10. The Balaban J connectivity index is 1.80. The van der Waals surface area contributed by atoms with Crippen LogP contribution in [0.25, 0.3) is 0 Å². The summed E-state index contributed by atoms with van der Waals surface area (Å²) in [6.07, 6.45) is -20.1. The van der Waals surface area contributed by atoms with Gasteiger partial charge in [-0.25, -0.2) is 0 Å². The molecule has 10 N–H and O–H groups in total. The summed E-state index contributed by atoms with van der Waals surface area (Å²) < 4.78 is 27.3. The van der Waals surface area contributed by atoms with Crippen molar-refractivity contribution in [3.8, 4) is 0 Å². The number of carbonyl (C=O) groups excluding carboxylic acids is 1. The van der Waals surface area contributed by atoms with Crippen LogP contribution in [0.15, 0.2) is 0 Å². The standard InChI is InChI=1S/C20H35NO15/c1-6(25)21-7-2-8(26)9(3-22)33-19(7)36-17-12(27)10(4-23)34-20(15(17)30)35-16-11(5-24)32-18(31)14(29)13(16)28/h7-20,22-24,26-31H,2-5H2,1H3,(H,21,25)/t7-,8-,9?,10?,11?,12-,13?,14?,15?,16+,17?,18+,19-,20-/m0/s1. The van der Waals surface area contributed by atoms with Crippen molar-refractivity contribution in [2.24, 2.45) is 0 Å². The van der Waals surface area contributed by atoms with Gasteiger partial charge in [-0.2, -0.15) is 0 Å². The third kappa shape index (κ3) is 6.30. The van der Waals surface area contributed by atoms with E-state index in [4.69, 9.17) is 23.7 Å². The summed E-state index contributed by atoms with van der Waals surface area (Å²) in [5.41, 5.74) is 0. The highest BCUT2D eigenvalue weighted by atomic mass is 16.7. The van der Waals surface area contributed by atoms with Crippen LogP contribution in [0.5, 0.6) is 0 Å². The molecule has 3 heterocycles. The van der Waals surface area contributed by atoms with E-state index < -0.39 is 112 Å². The third-order valence-corrected chi connectivity index (χ3v) is 6.37. The fourth-order valence-electron chi connectivity index (χ4n) is 4.43. The lowest BCUT2D eigenvalue weighted by atomic mass is 9.96. The molecular weight excluding hydrogens is 494 g/mol. The van der Waals surface area contributed by atoms with Crippen molar-refractivity contribution in [3.05, 3.63) is 0 Å². The first-order valence-electron chi connectivity index (χ1n) is 11.5. The summed E-state index contributed by atoms with van der Waals surface area (Å²) in [5.74, 6) is -0.489. The van der Waals surface area contributed by atoms with E-state index in [-0.39, 0.29) is 6.42 Å². The lowest BCUT2D eigenvalue weighted by Gasteiger charge is -2.47. The van der Waals surface area contributed by atoms with E-state index in [0.717, 1.165) is 0 Å². The zero-order valence-corrected chi connectivity index (χ0v) is 19.4. The van der Waals surface area contributed by atoms with Crippen LogP contribution >= 0.6 is 0 Å². The fraction of sp³-hybridized carbons (Fsp3) is 0.950. The van der Waals surface area contributed by atoms with Crippen LogP contribution < -0.4 is 5.32 Å². The van der Waals surface area contributed by atoms with E-state index in [1.807, 2.05) is 0 Å². The number of hydrogen-bond acceptors (Lipinski definition) is 15. The third-order valence-electron chi connectivity index (χ3n) is 6.37. The molecule has 7 unspecified atom stereocenters. The van der Waals surface area contributed by atoms with E-state index >= 15 is 0 Å². The molecule has 14 atom stereocenters. The molecule has 0 aromatic carbocycles. The van der Waals surface area contributed by atoms with Gasteiger partial charge in [-0.15, -0.1) is 0 Å². The van der Waals surface area contributed by atoms with Gasteiger partial charge in [0.25, 0.3) is 0 Å². The first kappa shape index (κ1) is 29.5. The lowest BCUT2D eigenvalue weighted by molar-refractivity contribution is -0.370. The highest BCUT2D eigenvalue weighted by molar-refractivity contribution is 5.73. The Morgan fingerprint density at radius 3 is 1.92 bits per heavy atom. The quantitative estimate of drug-likeness (QED) is 0.140. The molecule has 0 aromatic rings. The smallest absolute Gasteiger partial charge is 0.217 e. The molecule has 1 amide bonds. The Labute approximate surface area is 205 Å². The molecule has 36 heavy (non-hydrogen) atoms. The zero-order chi connectivity index (χ0) is 26.7. The molecule has 16 nitrogen and oxygen atoms in total. The predicted molar refractivity (Wildman–Crippen MR) is 111 cm³/mol. The van der Waals surface area contributed by atoms with Gasteiger partial charge in [0.15, 0.2) is 18.9 Å². The van der Waals surface area contributed by atoms with Crippen LogP contribution in [-0.2, 0) is 28.5 Å². The van der Waals surface area contributed by atoms with Crippen LogP contribution in [0.1, 0.15) is 13.3 Å². The van der Waals surface area contributed by atoms with Gasteiger partial charge in [-0.05, 0) is 0 Å². The highest BCUT2D eigenvalue weighted by Gasteiger charge is 2.52. The Morgan fingerprint density at radius 1 is 0.750 bits per heavy atom. The van der Waals surface area contributed by atoms with Crippen molar-refractivity contribution < 1.29 is 74.4 Å². The summed E-state index contributed by atoms with van der Waals surface area (Å²) in [6, 6.07) is -0.946. The van der Waals surface area contributed by atoms with E-state index in [9.17, 15) is 50.8 Å². The van der Waals surface area contributed by atoms with Gasteiger partial charge in [0.05, 0.1) is 32.0 Å². The zero-order valence-electron chi connectivity index (χ0n) is 19.4. The summed E-state index contributed by atoms with van der Waals surface area (Å²) in [4.78, 5) is 11.6. The average molecular weight is 529 g/mol. The number of ether oxygens (including phenoxy) is 5. The molecule has 16 heteroatoms. The van der Waals surface area contributed by atoms with E-state index in [1.54, 1.807) is 0 Å². The normalized spacial score (nSPS) is 47.9. The monoisotopic (exact) mass is 529 g/mol. The molecule has 0 aromatic heterocycles. The minimum absolute atomic E-state index is 0.0851. The Morgan fingerprint density at radius 2 is 1.33 bits per heavy atom. The molecule has 3 rings (SSSR count). The maximum absolute atomic E-state index is 11.6. The first-order valence-corrected chi connectivity index (χ1v) is 11.5. The second-order valence-electron chi connectivity index (χ2n) is 8.97. The molecule has 0 radical (unpaired) electrons. The number of aliphatic hydroxyl groups is 9. The van der Waals surface area contributed by atoms with Crippen LogP contribution in [0.3, 0.4) is 0 Å². The fourth-order valence-corrected chi connectivity index (χ4v) is 4.43. The van der Waals surface area contributed by atoms with Gasteiger partial charge in [0, 0.05) is 13.3 Å². The van der Waals surface area contributed by atoms with Crippen molar-refractivity contribution in [2.45, 2.75) is 99.3 Å². The molecule has 3 aliphatic heterocycles. The van der Waals surface area contributed by atoms with Crippen molar-refractivity contribution in [2.75, 3.05) is 19.8 Å². The van der Waals surface area contributed by atoms with Gasteiger partial charge in [0.1, 0.15) is 54.9 Å². The van der Waals surface area contributed by atoms with E-state index in [1.165, 1.54) is 6.92 Å². The van der Waals surface area contributed by atoms with Gasteiger partial charge in [0.2, 0.25) is 5.91 Å². The second-order valence-corrected chi connectivity index (χ2v) is 8.97. The van der Waals surface area contributed by atoms with Gasteiger partial charge in [-0.1, -0.05) is 0 Å². The van der Waals surface area contributed by atoms with Crippen molar-refractivity contribution >= 4 is 5.91 Å². The van der Waals surface area contributed by atoms with Gasteiger partial charge < -0.3 is 75.0 Å². The number of nitrogens with one attached hydrogen (secondary N) is 1. The largest absolute Gasteiger partial charge is 0.394 e.